The van der Waals surface area contributed by atoms with Crippen molar-refractivity contribution < 1.29 is 9.18 Å². The molecule has 1 atom stereocenters. The van der Waals surface area contributed by atoms with E-state index < -0.39 is 0 Å². The Labute approximate surface area is 82.9 Å². The second-order valence-corrected chi connectivity index (χ2v) is 3.80. The molecule has 1 aliphatic carbocycles. The Kier molecular flexibility index (Phi) is 2.62. The molecule has 1 unspecified atom stereocenters. The Hall–Kier alpha value is -1.18. The number of hydrogen-bond donors (Lipinski definition) is 0. The average Bonchev–Trinajstić information content (AvgIpc) is 2.19. The summed E-state index contributed by atoms with van der Waals surface area (Å²) in [5.41, 5.74) is 1.87. The van der Waals surface area contributed by atoms with E-state index in [4.69, 9.17) is 0 Å². The molecular formula is C12H13FO. The fourth-order valence-corrected chi connectivity index (χ4v) is 2.29. The van der Waals surface area contributed by atoms with E-state index >= 15 is 0 Å². The van der Waals surface area contributed by atoms with E-state index in [1.165, 1.54) is 6.07 Å². The molecule has 0 spiro atoms. The molecule has 0 amide bonds. The Morgan fingerprint density at radius 3 is 3.14 bits per heavy atom. The minimum Gasteiger partial charge on any atom is -0.303 e. The number of carbonyl (C=O) groups is 1. The van der Waals surface area contributed by atoms with Crippen molar-refractivity contribution in [3.8, 4) is 0 Å². The average molecular weight is 192 g/mol. The SMILES string of the molecule is O=CCC1CCCc2cccc(F)c21. The summed E-state index contributed by atoms with van der Waals surface area (Å²) in [4.78, 5) is 10.5. The van der Waals surface area contributed by atoms with Crippen molar-refractivity contribution in [1.82, 2.24) is 0 Å². The summed E-state index contributed by atoms with van der Waals surface area (Å²) in [6.07, 6.45) is 4.30. The van der Waals surface area contributed by atoms with Gasteiger partial charge in [0, 0.05) is 6.42 Å². The first-order valence-electron chi connectivity index (χ1n) is 5.04. The van der Waals surface area contributed by atoms with Crippen molar-refractivity contribution in [2.24, 2.45) is 0 Å². The van der Waals surface area contributed by atoms with Gasteiger partial charge in [-0.15, -0.1) is 0 Å². The van der Waals surface area contributed by atoms with Gasteiger partial charge in [0.25, 0.3) is 0 Å². The highest BCUT2D eigenvalue weighted by molar-refractivity contribution is 5.52. The van der Waals surface area contributed by atoms with Crippen LogP contribution in [0.4, 0.5) is 4.39 Å². The van der Waals surface area contributed by atoms with Crippen LogP contribution in [0, 0.1) is 5.82 Å². The fourth-order valence-electron chi connectivity index (χ4n) is 2.29. The fraction of sp³-hybridized carbons (Fsp3) is 0.417. The highest BCUT2D eigenvalue weighted by Gasteiger charge is 2.22. The van der Waals surface area contributed by atoms with Crippen molar-refractivity contribution in [2.75, 3.05) is 0 Å². The van der Waals surface area contributed by atoms with E-state index in [2.05, 4.69) is 0 Å². The molecule has 1 nitrogen and oxygen atoms in total. The van der Waals surface area contributed by atoms with E-state index in [0.29, 0.717) is 6.42 Å². The maximum absolute atomic E-state index is 13.5. The van der Waals surface area contributed by atoms with Crippen LogP contribution in [0.25, 0.3) is 0 Å². The first-order valence-corrected chi connectivity index (χ1v) is 5.04. The molecule has 0 bridgehead atoms. The lowest BCUT2D eigenvalue weighted by atomic mass is 9.81. The Bertz CT molecular complexity index is 346. The molecule has 1 aromatic rings. The van der Waals surface area contributed by atoms with Gasteiger partial charge in [0.1, 0.15) is 12.1 Å². The van der Waals surface area contributed by atoms with Crippen molar-refractivity contribution >= 4 is 6.29 Å². The third-order valence-corrected chi connectivity index (χ3v) is 2.93. The Morgan fingerprint density at radius 1 is 1.50 bits per heavy atom. The second kappa shape index (κ2) is 3.91. The monoisotopic (exact) mass is 192 g/mol. The zero-order valence-corrected chi connectivity index (χ0v) is 8.00. The quantitative estimate of drug-likeness (QED) is 0.658. The van der Waals surface area contributed by atoms with E-state index in [1.807, 2.05) is 6.07 Å². The molecule has 14 heavy (non-hydrogen) atoms. The number of benzene rings is 1. The van der Waals surface area contributed by atoms with Crippen molar-refractivity contribution in [3.05, 3.63) is 35.1 Å². The summed E-state index contributed by atoms with van der Waals surface area (Å²) < 4.78 is 13.5. The smallest absolute Gasteiger partial charge is 0.126 e. The van der Waals surface area contributed by atoms with Gasteiger partial charge in [0.05, 0.1) is 0 Å². The number of halogens is 1. The predicted molar refractivity (Wildman–Crippen MR) is 52.8 cm³/mol. The zero-order valence-electron chi connectivity index (χ0n) is 8.00. The van der Waals surface area contributed by atoms with Crippen LogP contribution in [0.1, 0.15) is 36.3 Å². The highest BCUT2D eigenvalue weighted by Crippen LogP contribution is 2.34. The van der Waals surface area contributed by atoms with Crippen molar-refractivity contribution in [3.63, 3.8) is 0 Å². The number of fused-ring (bicyclic) bond motifs is 1. The largest absolute Gasteiger partial charge is 0.303 e. The summed E-state index contributed by atoms with van der Waals surface area (Å²) in [7, 11) is 0. The lowest BCUT2D eigenvalue weighted by molar-refractivity contribution is -0.108. The highest BCUT2D eigenvalue weighted by atomic mass is 19.1. The molecule has 0 aliphatic heterocycles. The lowest BCUT2D eigenvalue weighted by Gasteiger charge is -2.24. The maximum atomic E-state index is 13.5. The molecule has 74 valence electrons. The molecule has 0 saturated heterocycles. The molecule has 0 radical (unpaired) electrons. The Balaban J connectivity index is 2.41. The third-order valence-electron chi connectivity index (χ3n) is 2.93. The normalized spacial score (nSPS) is 20.2. The molecular weight excluding hydrogens is 179 g/mol. The van der Waals surface area contributed by atoms with Gasteiger partial charge in [-0.05, 0) is 42.4 Å². The number of carbonyl (C=O) groups excluding carboxylic acids is 1. The summed E-state index contributed by atoms with van der Waals surface area (Å²) >= 11 is 0. The summed E-state index contributed by atoms with van der Waals surface area (Å²) in [5.74, 6) is -0.0356. The molecule has 2 heteroatoms. The molecule has 1 aromatic carbocycles. The minimum atomic E-state index is -0.144. The van der Waals surface area contributed by atoms with Gasteiger partial charge in [0.2, 0.25) is 0 Å². The first kappa shape index (κ1) is 9.38. The van der Waals surface area contributed by atoms with Crippen LogP contribution < -0.4 is 0 Å². The molecule has 0 aromatic heterocycles. The van der Waals surface area contributed by atoms with Gasteiger partial charge < -0.3 is 4.79 Å². The topological polar surface area (TPSA) is 17.1 Å². The van der Waals surface area contributed by atoms with Crippen LogP contribution in [0.3, 0.4) is 0 Å². The van der Waals surface area contributed by atoms with Crippen molar-refractivity contribution in [1.29, 1.82) is 0 Å². The van der Waals surface area contributed by atoms with E-state index in [-0.39, 0.29) is 11.7 Å². The minimum absolute atomic E-state index is 0.109. The zero-order chi connectivity index (χ0) is 9.97. The van der Waals surface area contributed by atoms with Crippen LogP contribution in [0.15, 0.2) is 18.2 Å². The Morgan fingerprint density at radius 2 is 2.36 bits per heavy atom. The van der Waals surface area contributed by atoms with Crippen LogP contribution in [-0.2, 0) is 11.2 Å². The van der Waals surface area contributed by atoms with Gasteiger partial charge in [-0.2, -0.15) is 0 Å². The molecule has 0 N–H and O–H groups in total. The summed E-state index contributed by atoms with van der Waals surface area (Å²) in [6.45, 7) is 0. The summed E-state index contributed by atoms with van der Waals surface area (Å²) in [5, 5.41) is 0. The van der Waals surface area contributed by atoms with Crippen LogP contribution in [-0.4, -0.2) is 6.29 Å². The molecule has 0 fully saturated rings. The van der Waals surface area contributed by atoms with Gasteiger partial charge in [0.15, 0.2) is 0 Å². The van der Waals surface area contributed by atoms with Gasteiger partial charge >= 0.3 is 0 Å². The third kappa shape index (κ3) is 1.57. The van der Waals surface area contributed by atoms with Gasteiger partial charge in [-0.25, -0.2) is 4.39 Å². The van der Waals surface area contributed by atoms with Crippen molar-refractivity contribution in [2.45, 2.75) is 31.6 Å². The van der Waals surface area contributed by atoms with Gasteiger partial charge in [-0.1, -0.05) is 12.1 Å². The predicted octanol–water partition coefficient (Wildman–Crippen LogP) is 2.83. The lowest BCUT2D eigenvalue weighted by Crippen LogP contribution is -2.12. The van der Waals surface area contributed by atoms with Gasteiger partial charge in [-0.3, -0.25) is 0 Å². The molecule has 0 heterocycles. The maximum Gasteiger partial charge on any atom is 0.126 e. The summed E-state index contributed by atoms with van der Waals surface area (Å²) in [6, 6.07) is 5.20. The number of rotatable bonds is 2. The van der Waals surface area contributed by atoms with E-state index in [9.17, 15) is 9.18 Å². The van der Waals surface area contributed by atoms with E-state index in [0.717, 1.165) is 36.7 Å². The number of aldehydes is 1. The molecule has 1 aliphatic rings. The molecule has 0 saturated carbocycles. The van der Waals surface area contributed by atoms with Crippen LogP contribution in [0.5, 0.6) is 0 Å². The number of hydrogen-bond acceptors (Lipinski definition) is 1. The van der Waals surface area contributed by atoms with Crippen LogP contribution in [0.2, 0.25) is 0 Å². The molecule has 2 rings (SSSR count). The standard InChI is InChI=1S/C12H13FO/c13-11-6-2-5-9-3-1-4-10(7-8-14)12(9)11/h2,5-6,8,10H,1,3-4,7H2. The van der Waals surface area contributed by atoms with Crippen LogP contribution >= 0.6 is 0 Å². The first-order chi connectivity index (χ1) is 6.83. The second-order valence-electron chi connectivity index (χ2n) is 3.80. The van der Waals surface area contributed by atoms with E-state index in [1.54, 1.807) is 6.07 Å². The number of aryl methyl sites for hydroxylation is 1.